The van der Waals surface area contributed by atoms with E-state index < -0.39 is 15.9 Å². The molecule has 1 aromatic carbocycles. The number of rotatable bonds is 7. The first-order chi connectivity index (χ1) is 10.5. The Morgan fingerprint density at radius 2 is 2.09 bits per heavy atom. The van der Waals surface area contributed by atoms with E-state index in [2.05, 4.69) is 4.72 Å². The van der Waals surface area contributed by atoms with Crippen LogP contribution in [0.4, 0.5) is 0 Å². The molecule has 1 fully saturated rings. The van der Waals surface area contributed by atoms with Crippen molar-refractivity contribution < 1.29 is 22.7 Å². The predicted octanol–water partition coefficient (Wildman–Crippen LogP) is 1.85. The first kappa shape index (κ1) is 16.8. The highest BCUT2D eigenvalue weighted by molar-refractivity contribution is 7.90. The van der Waals surface area contributed by atoms with E-state index in [0.717, 1.165) is 19.4 Å². The molecular formula is C15H21NO5S. The third kappa shape index (κ3) is 4.71. The molecule has 0 radical (unpaired) electrons. The van der Waals surface area contributed by atoms with Crippen molar-refractivity contribution in [2.24, 2.45) is 0 Å². The summed E-state index contributed by atoms with van der Waals surface area (Å²) in [7, 11) is -3.83. The van der Waals surface area contributed by atoms with E-state index in [4.69, 9.17) is 9.47 Å². The van der Waals surface area contributed by atoms with Gasteiger partial charge < -0.3 is 9.47 Å². The second-order valence-electron chi connectivity index (χ2n) is 5.11. The van der Waals surface area contributed by atoms with E-state index in [1.54, 1.807) is 12.1 Å². The third-order valence-electron chi connectivity index (χ3n) is 3.41. The van der Waals surface area contributed by atoms with Gasteiger partial charge in [-0.1, -0.05) is 0 Å². The zero-order valence-electron chi connectivity index (χ0n) is 12.6. The van der Waals surface area contributed by atoms with Crippen LogP contribution in [0.1, 0.15) is 32.6 Å². The van der Waals surface area contributed by atoms with Crippen molar-refractivity contribution in [3.05, 3.63) is 24.3 Å². The van der Waals surface area contributed by atoms with Crippen LogP contribution in [0.2, 0.25) is 0 Å². The summed E-state index contributed by atoms with van der Waals surface area (Å²) in [6, 6.07) is 5.96. The van der Waals surface area contributed by atoms with Gasteiger partial charge >= 0.3 is 0 Å². The molecule has 0 spiro atoms. The standard InChI is InChI=1S/C15H21NO5S/c1-2-20-13-5-8-14(9-6-13)22(18,19)16-15(17)10-7-12-4-3-11-21-12/h5-6,8-9,12H,2-4,7,10-11H2,1H3,(H,16,17)/t12-/m0/s1. The van der Waals surface area contributed by atoms with E-state index in [1.165, 1.54) is 12.1 Å². The number of sulfonamides is 1. The van der Waals surface area contributed by atoms with Crippen molar-refractivity contribution in [3.63, 3.8) is 0 Å². The minimum atomic E-state index is -3.83. The second kappa shape index (κ2) is 7.60. The number of ether oxygens (including phenoxy) is 2. The Kier molecular flexibility index (Phi) is 5.79. The van der Waals surface area contributed by atoms with Crippen molar-refractivity contribution in [1.82, 2.24) is 4.72 Å². The minimum absolute atomic E-state index is 0.0430. The van der Waals surface area contributed by atoms with Crippen LogP contribution < -0.4 is 9.46 Å². The normalized spacial score (nSPS) is 18.1. The topological polar surface area (TPSA) is 81.7 Å². The molecule has 0 aliphatic carbocycles. The maximum absolute atomic E-state index is 12.1. The first-order valence-electron chi connectivity index (χ1n) is 7.41. The lowest BCUT2D eigenvalue weighted by Gasteiger charge is -2.10. The van der Waals surface area contributed by atoms with Crippen LogP contribution in [0.5, 0.6) is 5.75 Å². The second-order valence-corrected chi connectivity index (χ2v) is 6.79. The van der Waals surface area contributed by atoms with Crippen LogP contribution >= 0.6 is 0 Å². The van der Waals surface area contributed by atoms with Crippen LogP contribution in [0, 0.1) is 0 Å². The van der Waals surface area contributed by atoms with Crippen molar-refractivity contribution in [3.8, 4) is 5.75 Å². The van der Waals surface area contributed by atoms with Gasteiger partial charge in [0.15, 0.2) is 0 Å². The summed E-state index contributed by atoms with van der Waals surface area (Å²) in [5.74, 6) is 0.0792. The summed E-state index contributed by atoms with van der Waals surface area (Å²) in [6.07, 6.45) is 2.68. The lowest BCUT2D eigenvalue weighted by atomic mass is 10.1. The molecule has 0 unspecified atom stereocenters. The van der Waals surface area contributed by atoms with Gasteiger partial charge in [-0.25, -0.2) is 13.1 Å². The van der Waals surface area contributed by atoms with Crippen LogP contribution in [-0.4, -0.2) is 33.6 Å². The zero-order chi connectivity index (χ0) is 16.0. The highest BCUT2D eigenvalue weighted by Crippen LogP contribution is 2.18. The number of hydrogen-bond acceptors (Lipinski definition) is 5. The highest BCUT2D eigenvalue weighted by atomic mass is 32.2. The first-order valence-corrected chi connectivity index (χ1v) is 8.89. The molecule has 1 aliphatic heterocycles. The van der Waals surface area contributed by atoms with E-state index in [0.29, 0.717) is 18.8 Å². The van der Waals surface area contributed by atoms with Crippen LogP contribution in [0.15, 0.2) is 29.2 Å². The average Bonchev–Trinajstić information content (AvgIpc) is 2.99. The Morgan fingerprint density at radius 1 is 1.36 bits per heavy atom. The van der Waals surface area contributed by atoms with Gasteiger partial charge in [0.1, 0.15) is 5.75 Å². The minimum Gasteiger partial charge on any atom is -0.494 e. The Labute approximate surface area is 130 Å². The maximum atomic E-state index is 12.1. The van der Waals surface area contributed by atoms with Gasteiger partial charge in [0, 0.05) is 13.0 Å². The summed E-state index contributed by atoms with van der Waals surface area (Å²) < 4.78 is 37.0. The van der Waals surface area contributed by atoms with Gasteiger partial charge in [-0.2, -0.15) is 0 Å². The van der Waals surface area contributed by atoms with Crippen LogP contribution in [0.25, 0.3) is 0 Å². The summed E-state index contributed by atoms with van der Waals surface area (Å²) >= 11 is 0. The molecule has 1 atom stereocenters. The van der Waals surface area contributed by atoms with Crippen molar-refractivity contribution >= 4 is 15.9 Å². The number of amides is 1. The summed E-state index contributed by atoms with van der Waals surface area (Å²) in [4.78, 5) is 11.8. The number of nitrogens with one attached hydrogen (secondary N) is 1. The fraction of sp³-hybridized carbons (Fsp3) is 0.533. The monoisotopic (exact) mass is 327 g/mol. The van der Waals surface area contributed by atoms with Gasteiger partial charge in [-0.05, 0) is 50.5 Å². The lowest BCUT2D eigenvalue weighted by molar-refractivity contribution is -0.119. The molecule has 0 saturated carbocycles. The average molecular weight is 327 g/mol. The Bertz CT molecular complexity index is 591. The van der Waals surface area contributed by atoms with Gasteiger partial charge in [0.2, 0.25) is 5.91 Å². The van der Waals surface area contributed by atoms with Gasteiger partial charge in [0.05, 0.1) is 17.6 Å². The largest absolute Gasteiger partial charge is 0.494 e. The predicted molar refractivity (Wildman–Crippen MR) is 81.1 cm³/mol. The fourth-order valence-corrected chi connectivity index (χ4v) is 3.32. The summed E-state index contributed by atoms with van der Waals surface area (Å²) in [6.45, 7) is 3.07. The van der Waals surface area contributed by atoms with E-state index in [1.807, 2.05) is 6.92 Å². The molecule has 122 valence electrons. The summed E-state index contributed by atoms with van der Waals surface area (Å²) in [5.41, 5.74) is 0. The molecule has 0 bridgehead atoms. The Balaban J connectivity index is 1.90. The van der Waals surface area contributed by atoms with Crippen molar-refractivity contribution in [1.29, 1.82) is 0 Å². The van der Waals surface area contributed by atoms with Gasteiger partial charge in [-0.15, -0.1) is 0 Å². The molecule has 1 amide bonds. The van der Waals surface area contributed by atoms with Crippen LogP contribution in [-0.2, 0) is 19.6 Å². The Morgan fingerprint density at radius 3 is 2.68 bits per heavy atom. The molecule has 1 aliphatic rings. The molecule has 0 aromatic heterocycles. The van der Waals surface area contributed by atoms with Gasteiger partial charge in [0.25, 0.3) is 10.0 Å². The van der Waals surface area contributed by atoms with Crippen molar-refractivity contribution in [2.75, 3.05) is 13.2 Å². The number of carbonyl (C=O) groups is 1. The lowest BCUT2D eigenvalue weighted by Crippen LogP contribution is -2.31. The smallest absolute Gasteiger partial charge is 0.264 e. The molecule has 22 heavy (non-hydrogen) atoms. The molecule has 1 heterocycles. The fourth-order valence-electron chi connectivity index (χ4n) is 2.31. The number of benzene rings is 1. The van der Waals surface area contributed by atoms with E-state index in [-0.39, 0.29) is 17.4 Å². The molecule has 1 aromatic rings. The van der Waals surface area contributed by atoms with Gasteiger partial charge in [-0.3, -0.25) is 4.79 Å². The maximum Gasteiger partial charge on any atom is 0.264 e. The quantitative estimate of drug-likeness (QED) is 0.826. The van der Waals surface area contributed by atoms with E-state index in [9.17, 15) is 13.2 Å². The Hall–Kier alpha value is -1.60. The van der Waals surface area contributed by atoms with E-state index >= 15 is 0 Å². The van der Waals surface area contributed by atoms with Crippen molar-refractivity contribution in [2.45, 2.75) is 43.6 Å². The molecule has 1 saturated heterocycles. The number of hydrogen-bond donors (Lipinski definition) is 1. The van der Waals surface area contributed by atoms with Crippen LogP contribution in [0.3, 0.4) is 0 Å². The third-order valence-corrected chi connectivity index (χ3v) is 4.80. The zero-order valence-corrected chi connectivity index (χ0v) is 13.4. The highest BCUT2D eigenvalue weighted by Gasteiger charge is 2.20. The molecule has 7 heteroatoms. The summed E-state index contributed by atoms with van der Waals surface area (Å²) in [5, 5.41) is 0. The molecular weight excluding hydrogens is 306 g/mol. The SMILES string of the molecule is CCOc1ccc(S(=O)(=O)NC(=O)CC[C@@H]2CCCO2)cc1. The molecule has 1 N–H and O–H groups in total. The molecule has 2 rings (SSSR count). The number of carbonyl (C=O) groups excluding carboxylic acids is 1. The molecule has 6 nitrogen and oxygen atoms in total.